The lowest BCUT2D eigenvalue weighted by Crippen LogP contribution is -2.16. The van der Waals surface area contributed by atoms with Crippen molar-refractivity contribution >= 4 is 17.1 Å². The molecule has 0 aliphatic heterocycles. The molecule has 1 amide bonds. The van der Waals surface area contributed by atoms with E-state index in [9.17, 15) is 14.0 Å². The summed E-state index contributed by atoms with van der Waals surface area (Å²) in [6.07, 6.45) is 0. The molecule has 10 heteroatoms. The molecule has 0 radical (unpaired) electrons. The minimum atomic E-state index is -0.882. The molecular formula is C20H16FN5O4. The first-order valence-corrected chi connectivity index (χ1v) is 8.75. The quantitative estimate of drug-likeness (QED) is 0.520. The SMILES string of the molecule is COc1cccc(-c2nc(C(N)=O)c3[nH]c(=O)n(-c4ccccc4F)c3n2)c1OC. The monoisotopic (exact) mass is 409 g/mol. The first-order chi connectivity index (χ1) is 14.5. The number of fused-ring (bicyclic) bond motifs is 1. The second-order valence-corrected chi connectivity index (χ2v) is 6.22. The van der Waals surface area contributed by atoms with Gasteiger partial charge < -0.3 is 20.2 Å². The summed E-state index contributed by atoms with van der Waals surface area (Å²) < 4.78 is 26.1. The molecule has 0 aliphatic carbocycles. The molecule has 30 heavy (non-hydrogen) atoms. The van der Waals surface area contributed by atoms with Crippen LogP contribution in [0.2, 0.25) is 0 Å². The first-order valence-electron chi connectivity index (χ1n) is 8.75. The summed E-state index contributed by atoms with van der Waals surface area (Å²) in [5, 5.41) is 0. The number of ether oxygens (including phenoxy) is 2. The van der Waals surface area contributed by atoms with Crippen molar-refractivity contribution in [3.05, 3.63) is 64.5 Å². The lowest BCUT2D eigenvalue weighted by Gasteiger charge is -2.12. The molecule has 152 valence electrons. The van der Waals surface area contributed by atoms with E-state index in [0.717, 1.165) is 4.57 Å². The molecule has 0 atom stereocenters. The molecule has 0 unspecified atom stereocenters. The summed E-state index contributed by atoms with van der Waals surface area (Å²) in [4.78, 5) is 35.8. The van der Waals surface area contributed by atoms with Crippen molar-refractivity contribution in [1.29, 1.82) is 0 Å². The highest BCUT2D eigenvalue weighted by Crippen LogP contribution is 2.37. The van der Waals surface area contributed by atoms with E-state index < -0.39 is 17.4 Å². The number of nitrogens with two attached hydrogens (primary N) is 1. The fraction of sp³-hybridized carbons (Fsp3) is 0.100. The van der Waals surface area contributed by atoms with Gasteiger partial charge in [0, 0.05) is 0 Å². The standard InChI is InChI=1S/C20H16FN5O4/c1-29-13-9-5-6-10(16(13)30-2)18-23-14(17(22)27)15-19(25-18)26(20(28)24-15)12-8-4-3-7-11(12)21/h3-9H,1-2H3,(H2,22,27)(H,24,28). The lowest BCUT2D eigenvalue weighted by molar-refractivity contribution is 0.0997. The summed E-state index contributed by atoms with van der Waals surface area (Å²) in [6, 6.07) is 10.7. The van der Waals surface area contributed by atoms with Crippen LogP contribution in [0.3, 0.4) is 0 Å². The minimum absolute atomic E-state index is 0.00126. The Morgan fingerprint density at radius 1 is 1.10 bits per heavy atom. The van der Waals surface area contributed by atoms with Crippen LogP contribution in [-0.4, -0.2) is 39.6 Å². The molecule has 9 nitrogen and oxygen atoms in total. The van der Waals surface area contributed by atoms with Gasteiger partial charge in [0.05, 0.1) is 25.5 Å². The first kappa shape index (κ1) is 19.1. The number of aromatic amines is 1. The van der Waals surface area contributed by atoms with E-state index in [1.165, 1.54) is 32.4 Å². The molecule has 0 saturated carbocycles. The van der Waals surface area contributed by atoms with E-state index in [0.29, 0.717) is 17.1 Å². The van der Waals surface area contributed by atoms with E-state index in [2.05, 4.69) is 15.0 Å². The third kappa shape index (κ3) is 2.94. The van der Waals surface area contributed by atoms with Gasteiger partial charge in [-0.25, -0.2) is 23.7 Å². The third-order valence-corrected chi connectivity index (χ3v) is 4.51. The second kappa shape index (κ2) is 7.32. The highest BCUT2D eigenvalue weighted by Gasteiger charge is 2.23. The number of para-hydroxylation sites is 2. The van der Waals surface area contributed by atoms with Crippen molar-refractivity contribution in [1.82, 2.24) is 19.5 Å². The van der Waals surface area contributed by atoms with E-state index in [4.69, 9.17) is 15.2 Å². The Labute approximate surface area is 168 Å². The van der Waals surface area contributed by atoms with Gasteiger partial charge in [0.15, 0.2) is 28.7 Å². The van der Waals surface area contributed by atoms with Crippen LogP contribution in [0.5, 0.6) is 11.5 Å². The fourth-order valence-electron chi connectivity index (χ4n) is 3.20. The number of aromatic nitrogens is 4. The zero-order chi connectivity index (χ0) is 21.4. The lowest BCUT2D eigenvalue weighted by atomic mass is 10.1. The Balaban J connectivity index is 2.10. The van der Waals surface area contributed by atoms with Gasteiger partial charge in [-0.3, -0.25) is 4.79 Å². The van der Waals surface area contributed by atoms with Gasteiger partial charge in [-0.05, 0) is 24.3 Å². The number of carbonyl (C=O) groups excluding carboxylic acids is 1. The summed E-state index contributed by atoms with van der Waals surface area (Å²) in [7, 11) is 2.92. The van der Waals surface area contributed by atoms with E-state index >= 15 is 0 Å². The number of carbonyl (C=O) groups is 1. The van der Waals surface area contributed by atoms with Gasteiger partial charge >= 0.3 is 5.69 Å². The molecular weight excluding hydrogens is 393 g/mol. The van der Waals surface area contributed by atoms with Gasteiger partial charge in [0.1, 0.15) is 11.3 Å². The maximum absolute atomic E-state index is 14.4. The van der Waals surface area contributed by atoms with Crippen LogP contribution >= 0.6 is 0 Å². The molecule has 0 bridgehead atoms. The fourth-order valence-corrected chi connectivity index (χ4v) is 3.20. The number of hydrogen-bond donors (Lipinski definition) is 2. The molecule has 2 aromatic heterocycles. The van der Waals surface area contributed by atoms with Crippen LogP contribution < -0.4 is 20.9 Å². The number of primary amides is 1. The van der Waals surface area contributed by atoms with Crippen LogP contribution in [0.4, 0.5) is 4.39 Å². The largest absolute Gasteiger partial charge is 0.493 e. The zero-order valence-corrected chi connectivity index (χ0v) is 16.0. The van der Waals surface area contributed by atoms with Crippen molar-refractivity contribution in [3.63, 3.8) is 0 Å². The topological polar surface area (TPSA) is 125 Å². The van der Waals surface area contributed by atoms with E-state index in [1.807, 2.05) is 0 Å². The molecule has 0 spiro atoms. The summed E-state index contributed by atoms with van der Waals surface area (Å²) in [6.45, 7) is 0. The molecule has 3 N–H and O–H groups in total. The summed E-state index contributed by atoms with van der Waals surface area (Å²) in [5.74, 6) is -0.728. The number of imidazole rings is 1. The Hall–Kier alpha value is -4.21. The van der Waals surface area contributed by atoms with Crippen molar-refractivity contribution in [3.8, 4) is 28.6 Å². The average Bonchev–Trinajstić information content (AvgIpc) is 3.08. The van der Waals surface area contributed by atoms with Crippen LogP contribution in [0.1, 0.15) is 10.5 Å². The predicted octanol–water partition coefficient (Wildman–Crippen LogP) is 2.03. The molecule has 0 saturated heterocycles. The van der Waals surface area contributed by atoms with Gasteiger partial charge in [-0.15, -0.1) is 0 Å². The number of H-pyrrole nitrogens is 1. The van der Waals surface area contributed by atoms with E-state index in [1.54, 1.807) is 24.3 Å². The molecule has 0 fully saturated rings. The molecule has 2 aromatic carbocycles. The highest BCUT2D eigenvalue weighted by molar-refractivity contribution is 6.02. The van der Waals surface area contributed by atoms with Crippen LogP contribution in [0, 0.1) is 5.82 Å². The normalized spacial score (nSPS) is 10.9. The van der Waals surface area contributed by atoms with Crippen LogP contribution in [0.15, 0.2) is 47.3 Å². The van der Waals surface area contributed by atoms with Gasteiger partial charge in [0.2, 0.25) is 0 Å². The number of nitrogens with one attached hydrogen (secondary N) is 1. The number of hydrogen-bond acceptors (Lipinski definition) is 6. The summed E-state index contributed by atoms with van der Waals surface area (Å²) >= 11 is 0. The highest BCUT2D eigenvalue weighted by atomic mass is 19.1. The smallest absolute Gasteiger partial charge is 0.332 e. The van der Waals surface area contributed by atoms with Gasteiger partial charge in [-0.2, -0.15) is 0 Å². The van der Waals surface area contributed by atoms with Crippen molar-refractivity contribution in [2.24, 2.45) is 5.73 Å². The van der Waals surface area contributed by atoms with Gasteiger partial charge in [0.25, 0.3) is 5.91 Å². The predicted molar refractivity (Wildman–Crippen MR) is 107 cm³/mol. The van der Waals surface area contributed by atoms with Crippen molar-refractivity contribution < 1.29 is 18.7 Å². The number of methoxy groups -OCH3 is 2. The van der Waals surface area contributed by atoms with Crippen molar-refractivity contribution in [2.75, 3.05) is 14.2 Å². The second-order valence-electron chi connectivity index (χ2n) is 6.22. The number of amides is 1. The van der Waals surface area contributed by atoms with Crippen LogP contribution in [0.25, 0.3) is 28.2 Å². The maximum atomic E-state index is 14.4. The Bertz CT molecular complexity index is 1350. The molecule has 2 heterocycles. The molecule has 4 aromatic rings. The van der Waals surface area contributed by atoms with Crippen LogP contribution in [-0.2, 0) is 0 Å². The zero-order valence-electron chi connectivity index (χ0n) is 16.0. The van der Waals surface area contributed by atoms with Crippen molar-refractivity contribution in [2.45, 2.75) is 0 Å². The Morgan fingerprint density at radius 3 is 2.53 bits per heavy atom. The number of halogens is 1. The Kier molecular flexibility index (Phi) is 4.66. The third-order valence-electron chi connectivity index (χ3n) is 4.51. The molecule has 0 aliphatic rings. The number of rotatable bonds is 5. The van der Waals surface area contributed by atoms with Gasteiger partial charge in [-0.1, -0.05) is 18.2 Å². The maximum Gasteiger partial charge on any atom is 0.332 e. The Morgan fingerprint density at radius 2 is 1.87 bits per heavy atom. The van der Waals surface area contributed by atoms with E-state index in [-0.39, 0.29) is 28.4 Å². The number of nitrogens with zero attached hydrogens (tertiary/aromatic N) is 3. The average molecular weight is 409 g/mol. The minimum Gasteiger partial charge on any atom is -0.493 e. The number of benzene rings is 2. The summed E-state index contributed by atoms with van der Waals surface area (Å²) in [5.41, 5.74) is 4.94. The molecule has 4 rings (SSSR count).